The van der Waals surface area contributed by atoms with Gasteiger partial charge in [0.2, 0.25) is 5.56 Å². The molecule has 0 fully saturated rings. The summed E-state index contributed by atoms with van der Waals surface area (Å²) in [6.45, 7) is 0. The Bertz CT molecular complexity index is 753. The highest BCUT2D eigenvalue weighted by Crippen LogP contribution is 2.29. The number of nitro benzene ring substituents is 1. The number of H-pyrrole nitrogens is 1. The van der Waals surface area contributed by atoms with Crippen LogP contribution in [-0.4, -0.2) is 22.9 Å². The van der Waals surface area contributed by atoms with E-state index < -0.39 is 16.4 Å². The molecule has 1 aromatic carbocycles. The highest BCUT2D eigenvalue weighted by Gasteiger charge is 2.18. The van der Waals surface area contributed by atoms with E-state index in [1.54, 1.807) is 0 Å². The smallest absolute Gasteiger partial charge is 0.296 e. The lowest BCUT2D eigenvalue weighted by molar-refractivity contribution is -0.384. The van der Waals surface area contributed by atoms with Crippen LogP contribution < -0.4 is 15.6 Å². The van der Waals surface area contributed by atoms with Crippen LogP contribution in [0.3, 0.4) is 0 Å². The molecule has 0 radical (unpaired) electrons. The van der Waals surface area contributed by atoms with Crippen LogP contribution >= 0.6 is 0 Å². The van der Waals surface area contributed by atoms with Gasteiger partial charge in [-0.2, -0.15) is 0 Å². The maximum Gasteiger partial charge on any atom is 0.296 e. The van der Waals surface area contributed by atoms with Gasteiger partial charge in [0.15, 0.2) is 0 Å². The lowest BCUT2D eigenvalue weighted by Gasteiger charge is -2.07. The van der Waals surface area contributed by atoms with E-state index in [2.05, 4.69) is 10.3 Å². The summed E-state index contributed by atoms with van der Waals surface area (Å²) in [5.74, 6) is -0.315. The molecule has 0 aliphatic heterocycles. The van der Waals surface area contributed by atoms with Crippen molar-refractivity contribution < 1.29 is 14.5 Å². The third kappa shape index (κ3) is 3.24. The van der Waals surface area contributed by atoms with Crippen LogP contribution in [0.5, 0.6) is 5.75 Å². The quantitative estimate of drug-likeness (QED) is 0.654. The molecule has 1 heterocycles. The first-order valence-electron chi connectivity index (χ1n) is 5.84. The number of nitro groups is 1. The summed E-state index contributed by atoms with van der Waals surface area (Å²) in [6.07, 6.45) is 1.32. The third-order valence-corrected chi connectivity index (χ3v) is 2.69. The van der Waals surface area contributed by atoms with E-state index >= 15 is 0 Å². The fourth-order valence-electron chi connectivity index (χ4n) is 1.68. The number of hydrogen-bond donors (Lipinski definition) is 2. The Labute approximate surface area is 118 Å². The zero-order chi connectivity index (χ0) is 15.4. The number of pyridine rings is 1. The Hall–Kier alpha value is -3.16. The van der Waals surface area contributed by atoms with Gasteiger partial charge in [0.1, 0.15) is 11.4 Å². The molecular formula is C13H11N3O5. The molecular weight excluding hydrogens is 278 g/mol. The van der Waals surface area contributed by atoms with E-state index in [4.69, 9.17) is 4.74 Å². The van der Waals surface area contributed by atoms with Gasteiger partial charge in [-0.05, 0) is 18.2 Å². The van der Waals surface area contributed by atoms with Gasteiger partial charge >= 0.3 is 0 Å². The molecule has 108 valence electrons. The largest absolute Gasteiger partial charge is 0.496 e. The van der Waals surface area contributed by atoms with Gasteiger partial charge in [0.05, 0.1) is 18.1 Å². The lowest BCUT2D eigenvalue weighted by atomic mass is 10.2. The lowest BCUT2D eigenvalue weighted by Crippen LogP contribution is -2.16. The van der Waals surface area contributed by atoms with Crippen LogP contribution in [-0.2, 0) is 0 Å². The molecule has 21 heavy (non-hydrogen) atoms. The SMILES string of the molecule is COc1ccc(NC(=O)c2cc[nH]c(=O)c2)c([N+](=O)[O-])c1. The predicted molar refractivity (Wildman–Crippen MR) is 74.7 cm³/mol. The van der Waals surface area contributed by atoms with Crippen molar-refractivity contribution in [1.29, 1.82) is 0 Å². The van der Waals surface area contributed by atoms with E-state index in [1.165, 1.54) is 37.6 Å². The molecule has 0 unspecified atom stereocenters. The van der Waals surface area contributed by atoms with E-state index in [1.807, 2.05) is 0 Å². The number of ether oxygens (including phenoxy) is 1. The van der Waals surface area contributed by atoms with Crippen LogP contribution in [0, 0.1) is 10.1 Å². The van der Waals surface area contributed by atoms with Crippen molar-refractivity contribution in [3.63, 3.8) is 0 Å². The maximum absolute atomic E-state index is 12.0. The van der Waals surface area contributed by atoms with E-state index in [9.17, 15) is 19.7 Å². The summed E-state index contributed by atoms with van der Waals surface area (Å²) in [6, 6.07) is 6.55. The summed E-state index contributed by atoms with van der Waals surface area (Å²) in [5, 5.41) is 13.4. The van der Waals surface area contributed by atoms with Gasteiger partial charge in [0, 0.05) is 17.8 Å². The topological polar surface area (TPSA) is 114 Å². The standard InChI is InChI=1S/C13H11N3O5/c1-21-9-2-3-10(11(7-9)16(19)20)15-13(18)8-4-5-14-12(17)6-8/h2-7H,1H3,(H,14,17)(H,15,18). The van der Waals surface area contributed by atoms with Gasteiger partial charge in [-0.25, -0.2) is 0 Å². The van der Waals surface area contributed by atoms with Crippen LogP contribution in [0.25, 0.3) is 0 Å². The molecule has 2 rings (SSSR count). The van der Waals surface area contributed by atoms with Crippen molar-refractivity contribution in [2.45, 2.75) is 0 Å². The number of aromatic amines is 1. The second kappa shape index (κ2) is 5.87. The number of aromatic nitrogens is 1. The van der Waals surface area contributed by atoms with Gasteiger partial charge in [0.25, 0.3) is 11.6 Å². The Morgan fingerprint density at radius 1 is 1.33 bits per heavy atom. The predicted octanol–water partition coefficient (Wildman–Crippen LogP) is 1.54. The number of rotatable bonds is 4. The second-order valence-corrected chi connectivity index (χ2v) is 4.04. The number of nitrogens with zero attached hydrogens (tertiary/aromatic N) is 1. The third-order valence-electron chi connectivity index (χ3n) is 2.69. The van der Waals surface area contributed by atoms with Gasteiger partial charge in [-0.15, -0.1) is 0 Å². The molecule has 0 saturated carbocycles. The molecule has 0 aliphatic rings. The molecule has 2 aromatic rings. The van der Waals surface area contributed by atoms with Crippen molar-refractivity contribution in [3.05, 3.63) is 62.6 Å². The van der Waals surface area contributed by atoms with E-state index in [0.717, 1.165) is 6.07 Å². The van der Waals surface area contributed by atoms with Crippen LogP contribution in [0.15, 0.2) is 41.3 Å². The molecule has 0 atom stereocenters. The fraction of sp³-hybridized carbons (Fsp3) is 0.0769. The highest BCUT2D eigenvalue weighted by molar-refractivity contribution is 6.05. The highest BCUT2D eigenvalue weighted by atomic mass is 16.6. The number of anilines is 1. The molecule has 8 heteroatoms. The minimum Gasteiger partial charge on any atom is -0.496 e. The number of hydrogen-bond acceptors (Lipinski definition) is 5. The van der Waals surface area contributed by atoms with Crippen molar-refractivity contribution in [2.75, 3.05) is 12.4 Å². The van der Waals surface area contributed by atoms with Crippen LogP contribution in [0.4, 0.5) is 11.4 Å². The number of nitrogens with one attached hydrogen (secondary N) is 2. The summed E-state index contributed by atoms with van der Waals surface area (Å²) in [7, 11) is 1.38. The maximum atomic E-state index is 12.0. The molecule has 1 amide bonds. The number of benzene rings is 1. The van der Waals surface area contributed by atoms with Crippen molar-refractivity contribution in [3.8, 4) is 5.75 Å². The molecule has 0 bridgehead atoms. The van der Waals surface area contributed by atoms with E-state index in [-0.39, 0.29) is 16.9 Å². The zero-order valence-electron chi connectivity index (χ0n) is 11.0. The average molecular weight is 289 g/mol. The van der Waals surface area contributed by atoms with E-state index in [0.29, 0.717) is 5.75 Å². The normalized spacial score (nSPS) is 9.95. The summed E-state index contributed by atoms with van der Waals surface area (Å²) in [5.41, 5.74) is -0.616. The molecule has 0 saturated heterocycles. The molecule has 0 aliphatic carbocycles. The first-order valence-corrected chi connectivity index (χ1v) is 5.84. The van der Waals surface area contributed by atoms with Gasteiger partial charge in [-0.1, -0.05) is 0 Å². The zero-order valence-corrected chi connectivity index (χ0v) is 11.0. The molecule has 2 N–H and O–H groups in total. The minimum atomic E-state index is -0.629. The summed E-state index contributed by atoms with van der Waals surface area (Å²) >= 11 is 0. The van der Waals surface area contributed by atoms with Crippen LogP contribution in [0.1, 0.15) is 10.4 Å². The average Bonchev–Trinajstić information content (AvgIpc) is 2.47. The number of methoxy groups -OCH3 is 1. The Kier molecular flexibility index (Phi) is 3.98. The van der Waals surface area contributed by atoms with Gasteiger partial charge in [-0.3, -0.25) is 19.7 Å². The number of carbonyl (C=O) groups excluding carboxylic acids is 1. The van der Waals surface area contributed by atoms with Crippen molar-refractivity contribution >= 4 is 17.3 Å². The molecule has 8 nitrogen and oxygen atoms in total. The monoisotopic (exact) mass is 289 g/mol. The minimum absolute atomic E-state index is 0.0195. The molecule has 0 spiro atoms. The molecule has 1 aromatic heterocycles. The van der Waals surface area contributed by atoms with Crippen LogP contribution in [0.2, 0.25) is 0 Å². The summed E-state index contributed by atoms with van der Waals surface area (Å²) in [4.78, 5) is 35.9. The van der Waals surface area contributed by atoms with Crippen molar-refractivity contribution in [2.24, 2.45) is 0 Å². The fourth-order valence-corrected chi connectivity index (χ4v) is 1.68. The Morgan fingerprint density at radius 2 is 2.10 bits per heavy atom. The van der Waals surface area contributed by atoms with Crippen molar-refractivity contribution in [1.82, 2.24) is 4.98 Å². The first-order chi connectivity index (χ1) is 10.0. The first kappa shape index (κ1) is 14.3. The second-order valence-electron chi connectivity index (χ2n) is 4.04. The van der Waals surface area contributed by atoms with Gasteiger partial charge < -0.3 is 15.0 Å². The Balaban J connectivity index is 2.33. The summed E-state index contributed by atoms with van der Waals surface area (Å²) < 4.78 is 4.90. The number of amides is 1. The Morgan fingerprint density at radius 3 is 2.71 bits per heavy atom. The number of carbonyl (C=O) groups is 1.